The van der Waals surface area contributed by atoms with Gasteiger partial charge in [0.1, 0.15) is 13.7 Å². The van der Waals surface area contributed by atoms with Crippen LogP contribution in [-0.2, 0) is 0 Å². The van der Waals surface area contributed by atoms with Crippen LogP contribution < -0.4 is 5.73 Å². The van der Waals surface area contributed by atoms with Gasteiger partial charge in [0.15, 0.2) is 0 Å². The van der Waals surface area contributed by atoms with Crippen LogP contribution in [0.4, 0.5) is 0 Å². The molecule has 1 heterocycles. The summed E-state index contributed by atoms with van der Waals surface area (Å²) < 4.78 is 5.21. The van der Waals surface area contributed by atoms with Gasteiger partial charge in [-0.1, -0.05) is 22.0 Å². The summed E-state index contributed by atoms with van der Waals surface area (Å²) >= 11 is 8.08. The number of hydrogen-bond donors (Lipinski definition) is 1. The van der Waals surface area contributed by atoms with Gasteiger partial charge in [-0.3, -0.25) is 4.57 Å². The topological polar surface area (TPSA) is 43.8 Å². The van der Waals surface area contributed by atoms with E-state index in [4.69, 9.17) is 5.73 Å². The molecule has 0 bridgehead atoms. The Morgan fingerprint density at radius 1 is 1.41 bits per heavy atom. The van der Waals surface area contributed by atoms with Crippen molar-refractivity contribution in [1.29, 1.82) is 0 Å². The van der Waals surface area contributed by atoms with Gasteiger partial charge in [0, 0.05) is 16.2 Å². The lowest BCUT2D eigenvalue weighted by atomic mass is 10.1. The molecule has 0 unspecified atom stereocenters. The SMILES string of the molecule is C[C@H](N)c1ccc(-n2cnc(I)c2I)cc1Br. The minimum Gasteiger partial charge on any atom is -0.324 e. The summed E-state index contributed by atoms with van der Waals surface area (Å²) in [6.45, 7) is 1.98. The van der Waals surface area contributed by atoms with E-state index in [9.17, 15) is 0 Å². The summed E-state index contributed by atoms with van der Waals surface area (Å²) in [5, 5.41) is 0. The first-order valence-corrected chi connectivity index (χ1v) is 7.89. The van der Waals surface area contributed by atoms with E-state index in [1.54, 1.807) is 0 Å². The lowest BCUT2D eigenvalue weighted by molar-refractivity contribution is 0.812. The van der Waals surface area contributed by atoms with E-state index >= 15 is 0 Å². The first kappa shape index (κ1) is 13.8. The first-order chi connectivity index (χ1) is 8.00. The maximum absolute atomic E-state index is 5.89. The van der Waals surface area contributed by atoms with Crippen LogP contribution in [0.25, 0.3) is 5.69 Å². The highest BCUT2D eigenvalue weighted by atomic mass is 127. The Labute approximate surface area is 136 Å². The fourth-order valence-corrected chi connectivity index (χ4v) is 3.18. The van der Waals surface area contributed by atoms with E-state index in [1.165, 1.54) is 0 Å². The predicted octanol–water partition coefficient (Wildman–Crippen LogP) is 3.86. The molecule has 0 saturated carbocycles. The molecule has 2 aromatic rings. The lowest BCUT2D eigenvalue weighted by Crippen LogP contribution is -2.06. The van der Waals surface area contributed by atoms with Crippen LogP contribution in [0.2, 0.25) is 0 Å². The summed E-state index contributed by atoms with van der Waals surface area (Å²) in [4.78, 5) is 4.28. The third kappa shape index (κ3) is 2.85. The molecule has 1 atom stereocenters. The van der Waals surface area contributed by atoms with Gasteiger partial charge in [-0.25, -0.2) is 4.98 Å². The lowest BCUT2D eigenvalue weighted by Gasteiger charge is -2.11. The van der Waals surface area contributed by atoms with Gasteiger partial charge >= 0.3 is 0 Å². The van der Waals surface area contributed by atoms with Crippen LogP contribution in [0.1, 0.15) is 18.5 Å². The minimum absolute atomic E-state index is 0.0282. The maximum Gasteiger partial charge on any atom is 0.133 e. The van der Waals surface area contributed by atoms with E-state index < -0.39 is 0 Å². The third-order valence-electron chi connectivity index (χ3n) is 2.42. The molecule has 6 heteroatoms. The van der Waals surface area contributed by atoms with Crippen LogP contribution >= 0.6 is 61.1 Å². The molecule has 0 aliphatic carbocycles. The molecular formula is C11H10BrI2N3. The largest absolute Gasteiger partial charge is 0.324 e. The number of halogens is 3. The maximum atomic E-state index is 5.89. The highest BCUT2D eigenvalue weighted by molar-refractivity contribution is 14.1. The molecule has 0 saturated heterocycles. The van der Waals surface area contributed by atoms with E-state index in [-0.39, 0.29) is 6.04 Å². The number of hydrogen-bond acceptors (Lipinski definition) is 2. The molecule has 0 amide bonds. The zero-order chi connectivity index (χ0) is 12.6. The monoisotopic (exact) mass is 517 g/mol. The number of aromatic nitrogens is 2. The number of nitrogens with two attached hydrogens (primary N) is 1. The highest BCUT2D eigenvalue weighted by Crippen LogP contribution is 2.26. The van der Waals surface area contributed by atoms with E-state index in [2.05, 4.69) is 82.8 Å². The molecule has 0 spiro atoms. The molecule has 2 N–H and O–H groups in total. The van der Waals surface area contributed by atoms with Crippen LogP contribution in [0.3, 0.4) is 0 Å². The Bertz CT molecular complexity index is 552. The van der Waals surface area contributed by atoms with Gasteiger partial charge < -0.3 is 5.73 Å². The van der Waals surface area contributed by atoms with E-state index in [0.29, 0.717) is 0 Å². The predicted molar refractivity (Wildman–Crippen MR) is 89.3 cm³/mol. The molecule has 17 heavy (non-hydrogen) atoms. The van der Waals surface area contributed by atoms with Gasteiger partial charge in [-0.15, -0.1) is 0 Å². The minimum atomic E-state index is 0.0282. The Morgan fingerprint density at radius 2 is 2.12 bits per heavy atom. The first-order valence-electron chi connectivity index (χ1n) is 4.94. The normalized spacial score (nSPS) is 12.8. The van der Waals surface area contributed by atoms with Crippen molar-refractivity contribution in [3.8, 4) is 5.69 Å². The van der Waals surface area contributed by atoms with E-state index in [1.807, 2.05) is 19.3 Å². The second-order valence-electron chi connectivity index (χ2n) is 3.69. The number of nitrogens with zero attached hydrogens (tertiary/aromatic N) is 2. The zero-order valence-corrected chi connectivity index (χ0v) is 14.9. The standard InChI is InChI=1S/C11H10BrI2N3/c1-6(15)8-3-2-7(4-9(8)12)17-5-16-10(13)11(17)14/h2-6H,15H2,1H3/t6-/m0/s1. The Balaban J connectivity index is 2.48. The molecule has 0 radical (unpaired) electrons. The average molecular weight is 518 g/mol. The molecule has 2 rings (SSSR count). The van der Waals surface area contributed by atoms with Crippen LogP contribution in [0, 0.1) is 7.40 Å². The van der Waals surface area contributed by atoms with E-state index in [0.717, 1.165) is 23.1 Å². The quantitative estimate of drug-likeness (QED) is 0.615. The summed E-state index contributed by atoms with van der Waals surface area (Å²) in [5.74, 6) is 0. The number of benzene rings is 1. The van der Waals surface area contributed by atoms with Crippen molar-refractivity contribution in [2.45, 2.75) is 13.0 Å². The second kappa shape index (κ2) is 5.54. The Kier molecular flexibility index (Phi) is 4.48. The van der Waals surface area contributed by atoms with Crippen molar-refractivity contribution >= 4 is 61.1 Å². The molecule has 0 fully saturated rings. The molecule has 0 aliphatic rings. The van der Waals surface area contributed by atoms with Crippen molar-refractivity contribution in [1.82, 2.24) is 9.55 Å². The summed E-state index contributed by atoms with van der Waals surface area (Å²) in [6.07, 6.45) is 1.83. The Morgan fingerprint density at radius 3 is 2.59 bits per heavy atom. The molecule has 1 aromatic carbocycles. The van der Waals surface area contributed by atoms with Crippen LogP contribution in [0.5, 0.6) is 0 Å². The van der Waals surface area contributed by atoms with Crippen LogP contribution in [-0.4, -0.2) is 9.55 Å². The van der Waals surface area contributed by atoms with Gasteiger partial charge in [-0.05, 0) is 69.8 Å². The van der Waals surface area contributed by atoms with Gasteiger partial charge in [0.05, 0.1) is 0 Å². The number of rotatable bonds is 2. The van der Waals surface area contributed by atoms with Crippen molar-refractivity contribution in [2.75, 3.05) is 0 Å². The van der Waals surface area contributed by atoms with Gasteiger partial charge in [0.25, 0.3) is 0 Å². The average Bonchev–Trinajstić information content (AvgIpc) is 2.59. The van der Waals surface area contributed by atoms with Crippen molar-refractivity contribution in [3.05, 3.63) is 42.0 Å². The molecule has 1 aromatic heterocycles. The zero-order valence-electron chi connectivity index (χ0n) is 8.99. The third-order valence-corrected chi connectivity index (χ3v) is 5.96. The van der Waals surface area contributed by atoms with Gasteiger partial charge in [-0.2, -0.15) is 0 Å². The summed E-state index contributed by atoms with van der Waals surface area (Å²) in [5.41, 5.74) is 8.08. The van der Waals surface area contributed by atoms with Crippen molar-refractivity contribution in [3.63, 3.8) is 0 Å². The highest BCUT2D eigenvalue weighted by Gasteiger charge is 2.10. The second-order valence-corrected chi connectivity index (χ2v) is 6.59. The van der Waals surface area contributed by atoms with Gasteiger partial charge in [0.2, 0.25) is 0 Å². The number of imidazole rings is 1. The molecular weight excluding hydrogens is 508 g/mol. The fourth-order valence-electron chi connectivity index (χ4n) is 1.53. The summed E-state index contributed by atoms with van der Waals surface area (Å²) in [7, 11) is 0. The Hall–Kier alpha value is 0.330. The fraction of sp³-hybridized carbons (Fsp3) is 0.182. The molecule has 0 aliphatic heterocycles. The molecule has 90 valence electrons. The smallest absolute Gasteiger partial charge is 0.133 e. The molecule has 3 nitrogen and oxygen atoms in total. The van der Waals surface area contributed by atoms with Crippen LogP contribution in [0.15, 0.2) is 29.0 Å². The summed E-state index contributed by atoms with van der Waals surface area (Å²) in [6, 6.07) is 6.20. The van der Waals surface area contributed by atoms with Crippen molar-refractivity contribution in [2.24, 2.45) is 5.73 Å². The van der Waals surface area contributed by atoms with Crippen molar-refractivity contribution < 1.29 is 0 Å².